The van der Waals surface area contributed by atoms with E-state index in [1.165, 1.54) is 7.11 Å². The summed E-state index contributed by atoms with van der Waals surface area (Å²) in [6, 6.07) is 15.0. The van der Waals surface area contributed by atoms with E-state index in [1.807, 2.05) is 0 Å². The van der Waals surface area contributed by atoms with Gasteiger partial charge in [-0.2, -0.15) is 0 Å². The number of methoxy groups -OCH3 is 1. The van der Waals surface area contributed by atoms with E-state index in [2.05, 4.69) is 5.32 Å². The molecule has 2 heterocycles. The van der Waals surface area contributed by atoms with E-state index in [4.69, 9.17) is 41.8 Å². The van der Waals surface area contributed by atoms with Crippen LogP contribution in [-0.4, -0.2) is 24.9 Å². The number of para-hydroxylation sites is 1. The maximum Gasteiger partial charge on any atom is 0.343 e. The zero-order valence-corrected chi connectivity index (χ0v) is 21.1. The highest BCUT2D eigenvalue weighted by Crippen LogP contribution is 2.46. The van der Waals surface area contributed by atoms with Gasteiger partial charge in [-0.05, 0) is 47.5 Å². The van der Waals surface area contributed by atoms with Gasteiger partial charge in [0.05, 0.1) is 28.1 Å². The topological polar surface area (TPSA) is 107 Å². The Hall–Kier alpha value is -3.88. The molecular weight excluding hydrogens is 521 g/mol. The van der Waals surface area contributed by atoms with Crippen LogP contribution < -0.4 is 25.2 Å². The Morgan fingerprint density at radius 1 is 1.11 bits per heavy atom. The van der Waals surface area contributed by atoms with Gasteiger partial charge in [0.2, 0.25) is 18.4 Å². The minimum absolute atomic E-state index is 0.00726. The summed E-state index contributed by atoms with van der Waals surface area (Å²) in [6.45, 7) is 0.193. The highest BCUT2D eigenvalue weighted by molar-refractivity contribution is 6.42. The second-order valence-electron chi connectivity index (χ2n) is 8.39. The van der Waals surface area contributed by atoms with Crippen LogP contribution in [0.1, 0.15) is 29.0 Å². The van der Waals surface area contributed by atoms with E-state index in [0.29, 0.717) is 38.2 Å². The Balaban J connectivity index is 1.54. The van der Waals surface area contributed by atoms with Crippen molar-refractivity contribution in [3.63, 3.8) is 0 Å². The first-order valence-corrected chi connectivity index (χ1v) is 12.0. The third-order valence-corrected chi connectivity index (χ3v) is 6.85. The van der Waals surface area contributed by atoms with Crippen molar-refractivity contribution in [3.05, 3.63) is 91.8 Å². The lowest BCUT2D eigenvalue weighted by Crippen LogP contribution is -2.26. The fraction of sp³-hybridized carbons (Fsp3) is 0.185. The number of aromatic hydroxyl groups is 1. The van der Waals surface area contributed by atoms with Gasteiger partial charge in [0, 0.05) is 18.9 Å². The first-order chi connectivity index (χ1) is 17.9. The van der Waals surface area contributed by atoms with Gasteiger partial charge in [0.25, 0.3) is 0 Å². The van der Waals surface area contributed by atoms with Crippen LogP contribution in [0.15, 0.2) is 63.8 Å². The Kier molecular flexibility index (Phi) is 6.86. The first-order valence-electron chi connectivity index (χ1n) is 11.3. The average Bonchev–Trinajstić information content (AvgIpc) is 3.37. The van der Waals surface area contributed by atoms with Gasteiger partial charge in [-0.15, -0.1) is 0 Å². The average molecular weight is 542 g/mol. The van der Waals surface area contributed by atoms with E-state index in [0.717, 1.165) is 5.56 Å². The zero-order chi connectivity index (χ0) is 26.1. The number of nitrogens with one attached hydrogen (secondary N) is 1. The smallest absolute Gasteiger partial charge is 0.343 e. The Bertz CT molecular complexity index is 1570. The molecule has 3 aromatic carbocycles. The van der Waals surface area contributed by atoms with E-state index >= 15 is 0 Å². The first kappa shape index (κ1) is 24.8. The highest BCUT2D eigenvalue weighted by Gasteiger charge is 2.30. The minimum atomic E-state index is -0.891. The van der Waals surface area contributed by atoms with Crippen LogP contribution in [0.4, 0.5) is 0 Å². The lowest BCUT2D eigenvalue weighted by molar-refractivity contribution is -0.121. The van der Waals surface area contributed by atoms with Gasteiger partial charge in [0.15, 0.2) is 11.5 Å². The number of hydrogen-bond donors (Lipinski definition) is 2. The molecule has 0 saturated carbocycles. The summed E-state index contributed by atoms with van der Waals surface area (Å²) in [7, 11) is 1.47. The van der Waals surface area contributed by atoms with Gasteiger partial charge in [0.1, 0.15) is 11.3 Å². The third kappa shape index (κ3) is 4.90. The van der Waals surface area contributed by atoms with Crippen molar-refractivity contribution in [2.24, 2.45) is 0 Å². The monoisotopic (exact) mass is 541 g/mol. The molecule has 1 aliphatic heterocycles. The molecule has 10 heteroatoms. The SMILES string of the molecule is COc1cc([C@H](CC(=O)NCc2ccc(Cl)c(Cl)c2)c2c(O)c3ccccc3oc2=O)cc2c1OCO2. The highest BCUT2D eigenvalue weighted by atomic mass is 35.5. The fourth-order valence-electron chi connectivity index (χ4n) is 4.30. The molecule has 0 unspecified atom stereocenters. The summed E-state index contributed by atoms with van der Waals surface area (Å²) in [5.74, 6) is -0.330. The maximum atomic E-state index is 13.1. The second-order valence-corrected chi connectivity index (χ2v) is 9.20. The van der Waals surface area contributed by atoms with E-state index in [-0.39, 0.29) is 42.6 Å². The lowest BCUT2D eigenvalue weighted by atomic mass is 9.87. The van der Waals surface area contributed by atoms with Crippen LogP contribution in [-0.2, 0) is 11.3 Å². The van der Waals surface area contributed by atoms with Gasteiger partial charge < -0.3 is 29.1 Å². The fourth-order valence-corrected chi connectivity index (χ4v) is 4.62. The molecule has 1 atom stereocenters. The number of rotatable bonds is 7. The molecule has 5 rings (SSSR count). The number of carbonyl (C=O) groups is 1. The molecule has 1 aromatic heterocycles. The van der Waals surface area contributed by atoms with Crippen molar-refractivity contribution in [1.82, 2.24) is 5.32 Å². The maximum absolute atomic E-state index is 13.1. The summed E-state index contributed by atoms with van der Waals surface area (Å²) in [5.41, 5.74) is 0.681. The van der Waals surface area contributed by atoms with Gasteiger partial charge >= 0.3 is 5.63 Å². The van der Waals surface area contributed by atoms with Crippen molar-refractivity contribution in [1.29, 1.82) is 0 Å². The molecule has 0 spiro atoms. The van der Waals surface area contributed by atoms with Crippen LogP contribution in [0, 0.1) is 0 Å². The molecule has 2 N–H and O–H groups in total. The number of benzene rings is 3. The Morgan fingerprint density at radius 2 is 1.92 bits per heavy atom. The molecule has 37 heavy (non-hydrogen) atoms. The van der Waals surface area contributed by atoms with Gasteiger partial charge in [-0.1, -0.05) is 41.4 Å². The summed E-state index contributed by atoms with van der Waals surface area (Å²) < 4.78 is 22.0. The number of halogens is 2. The number of hydrogen-bond acceptors (Lipinski definition) is 7. The normalized spacial score (nSPS) is 12.9. The lowest BCUT2D eigenvalue weighted by Gasteiger charge is -2.20. The number of amides is 1. The summed E-state index contributed by atoms with van der Waals surface area (Å²) >= 11 is 12.1. The minimum Gasteiger partial charge on any atom is -0.507 e. The molecule has 190 valence electrons. The molecular formula is C27H21Cl2NO7. The van der Waals surface area contributed by atoms with Crippen molar-refractivity contribution in [2.45, 2.75) is 18.9 Å². The van der Waals surface area contributed by atoms with Crippen LogP contribution in [0.5, 0.6) is 23.0 Å². The number of fused-ring (bicyclic) bond motifs is 2. The van der Waals surface area contributed by atoms with Crippen molar-refractivity contribution >= 4 is 40.1 Å². The molecule has 1 aliphatic rings. The third-order valence-electron chi connectivity index (χ3n) is 6.11. The molecule has 0 aliphatic carbocycles. The summed E-state index contributed by atoms with van der Waals surface area (Å²) in [5, 5.41) is 15.1. The predicted octanol–water partition coefficient (Wildman–Crippen LogP) is 5.38. The zero-order valence-electron chi connectivity index (χ0n) is 19.5. The van der Waals surface area contributed by atoms with Gasteiger partial charge in [-0.3, -0.25) is 4.79 Å². The second kappa shape index (κ2) is 10.2. The molecule has 8 nitrogen and oxygen atoms in total. The molecule has 0 fully saturated rings. The molecule has 0 saturated heterocycles. The van der Waals surface area contributed by atoms with Gasteiger partial charge in [-0.25, -0.2) is 4.79 Å². The molecule has 0 radical (unpaired) electrons. The molecule has 4 aromatic rings. The van der Waals surface area contributed by atoms with Crippen LogP contribution in [0.3, 0.4) is 0 Å². The standard InChI is InChI=1S/C27H21Cl2NO7/c1-34-21-9-15(10-22-26(21)36-13-35-22)17(11-23(31)30-12-14-6-7-18(28)19(29)8-14)24-25(32)16-4-2-3-5-20(16)37-27(24)33/h2-10,17,32H,11-13H2,1H3,(H,30,31)/t17-/m0/s1. The Labute approximate surface area is 221 Å². The van der Waals surface area contributed by atoms with Crippen LogP contribution in [0.25, 0.3) is 11.0 Å². The number of ether oxygens (including phenoxy) is 3. The van der Waals surface area contributed by atoms with Crippen molar-refractivity contribution in [2.75, 3.05) is 13.9 Å². The number of carbonyl (C=O) groups excluding carboxylic acids is 1. The summed E-state index contributed by atoms with van der Waals surface area (Å²) in [6.07, 6.45) is -0.180. The van der Waals surface area contributed by atoms with Crippen LogP contribution in [0.2, 0.25) is 10.0 Å². The Morgan fingerprint density at radius 3 is 2.70 bits per heavy atom. The van der Waals surface area contributed by atoms with E-state index < -0.39 is 11.5 Å². The van der Waals surface area contributed by atoms with E-state index in [9.17, 15) is 14.7 Å². The molecule has 1 amide bonds. The van der Waals surface area contributed by atoms with Crippen molar-refractivity contribution < 1.29 is 28.5 Å². The van der Waals surface area contributed by atoms with E-state index in [1.54, 1.807) is 54.6 Å². The largest absolute Gasteiger partial charge is 0.507 e. The van der Waals surface area contributed by atoms with Crippen molar-refractivity contribution in [3.8, 4) is 23.0 Å². The summed E-state index contributed by atoms with van der Waals surface area (Å²) in [4.78, 5) is 26.2. The van der Waals surface area contributed by atoms with Crippen LogP contribution >= 0.6 is 23.2 Å². The predicted molar refractivity (Wildman–Crippen MR) is 138 cm³/mol. The molecule has 0 bridgehead atoms. The quantitative estimate of drug-likeness (QED) is 0.302.